The molecule has 1 aliphatic carbocycles. The van der Waals surface area contributed by atoms with Gasteiger partial charge in [-0.1, -0.05) is 6.07 Å². The predicted octanol–water partition coefficient (Wildman–Crippen LogP) is 2.73. The highest BCUT2D eigenvalue weighted by Crippen LogP contribution is 2.45. The average Bonchev–Trinajstić information content (AvgIpc) is 2.93. The van der Waals surface area contributed by atoms with Gasteiger partial charge in [-0.3, -0.25) is 4.98 Å². The molecule has 0 atom stereocenters. The molecule has 2 aliphatic rings. The van der Waals surface area contributed by atoms with Crippen LogP contribution in [0.5, 0.6) is 0 Å². The topological polar surface area (TPSA) is 52.8 Å². The zero-order valence-electron chi connectivity index (χ0n) is 12.5. The molecule has 1 saturated heterocycles. The van der Waals surface area contributed by atoms with Crippen LogP contribution in [0.1, 0.15) is 29.5 Å². The van der Waals surface area contributed by atoms with Gasteiger partial charge in [0.15, 0.2) is 0 Å². The Morgan fingerprint density at radius 2 is 1.91 bits per heavy atom. The van der Waals surface area contributed by atoms with Crippen LogP contribution in [-0.2, 0) is 12.8 Å². The lowest BCUT2D eigenvalue weighted by atomic mass is 9.76. The van der Waals surface area contributed by atoms with Gasteiger partial charge in [-0.05, 0) is 54.4 Å². The van der Waals surface area contributed by atoms with E-state index in [4.69, 9.17) is 5.26 Å². The van der Waals surface area contributed by atoms with Gasteiger partial charge in [0.25, 0.3) is 0 Å². The van der Waals surface area contributed by atoms with Gasteiger partial charge in [-0.15, -0.1) is 0 Å². The van der Waals surface area contributed by atoms with Crippen LogP contribution in [0.2, 0.25) is 0 Å². The zero-order valence-corrected chi connectivity index (χ0v) is 12.5. The summed E-state index contributed by atoms with van der Waals surface area (Å²) in [5.41, 5.74) is 3.99. The fourth-order valence-electron chi connectivity index (χ4n) is 3.92. The number of rotatable bonds is 1. The third-order valence-corrected chi connectivity index (χ3v) is 5.16. The second-order valence-electron chi connectivity index (χ2n) is 6.50. The van der Waals surface area contributed by atoms with Gasteiger partial charge >= 0.3 is 0 Å². The summed E-state index contributed by atoms with van der Waals surface area (Å²) in [6.07, 6.45) is 9.96. The number of anilines is 1. The van der Waals surface area contributed by atoms with Crippen LogP contribution in [0, 0.1) is 16.7 Å². The number of aromatic nitrogens is 2. The van der Waals surface area contributed by atoms with Crippen LogP contribution in [0.4, 0.5) is 5.82 Å². The lowest BCUT2D eigenvalue weighted by Gasteiger charge is -2.39. The summed E-state index contributed by atoms with van der Waals surface area (Å²) in [5.74, 6) is 0.986. The summed E-state index contributed by atoms with van der Waals surface area (Å²) in [6.45, 7) is 2.08. The molecule has 0 amide bonds. The molecule has 110 valence electrons. The minimum atomic E-state index is 0.384. The molecule has 0 N–H and O–H groups in total. The number of hydrogen-bond donors (Lipinski definition) is 0. The molecule has 0 bridgehead atoms. The summed E-state index contributed by atoms with van der Waals surface area (Å²) in [4.78, 5) is 10.9. The van der Waals surface area contributed by atoms with Crippen LogP contribution >= 0.6 is 0 Å². The molecule has 4 rings (SSSR count). The van der Waals surface area contributed by atoms with E-state index in [1.54, 1.807) is 12.4 Å². The molecule has 1 aromatic carbocycles. The molecule has 1 aromatic heterocycles. The van der Waals surface area contributed by atoms with Crippen LogP contribution in [-0.4, -0.2) is 23.1 Å². The monoisotopic (exact) mass is 290 g/mol. The number of hydrogen-bond acceptors (Lipinski definition) is 4. The van der Waals surface area contributed by atoms with E-state index in [-0.39, 0.29) is 0 Å². The van der Waals surface area contributed by atoms with Crippen molar-refractivity contribution >= 4 is 5.82 Å². The summed E-state index contributed by atoms with van der Waals surface area (Å²) in [7, 11) is 0. The Balaban J connectivity index is 1.49. The molecule has 0 saturated carbocycles. The summed E-state index contributed by atoms with van der Waals surface area (Å²) < 4.78 is 0. The lowest BCUT2D eigenvalue weighted by Crippen LogP contribution is -2.41. The van der Waals surface area contributed by atoms with Crippen molar-refractivity contribution in [3.05, 3.63) is 53.5 Å². The van der Waals surface area contributed by atoms with E-state index in [0.29, 0.717) is 5.41 Å². The van der Waals surface area contributed by atoms with Crippen molar-refractivity contribution in [2.45, 2.75) is 25.7 Å². The zero-order chi connectivity index (χ0) is 15.0. The van der Waals surface area contributed by atoms with Gasteiger partial charge in [0.2, 0.25) is 0 Å². The largest absolute Gasteiger partial charge is 0.355 e. The number of nitriles is 1. The van der Waals surface area contributed by atoms with Gasteiger partial charge in [0.05, 0.1) is 17.8 Å². The lowest BCUT2D eigenvalue weighted by molar-refractivity contribution is 0.232. The predicted molar refractivity (Wildman–Crippen MR) is 84.5 cm³/mol. The highest BCUT2D eigenvalue weighted by Gasteiger charge is 2.40. The van der Waals surface area contributed by atoms with Crippen molar-refractivity contribution in [3.8, 4) is 6.07 Å². The van der Waals surface area contributed by atoms with Crippen LogP contribution < -0.4 is 4.90 Å². The number of fused-ring (bicyclic) bond motifs is 1. The quantitative estimate of drug-likeness (QED) is 0.810. The Morgan fingerprint density at radius 3 is 2.64 bits per heavy atom. The molecule has 1 fully saturated rings. The maximum absolute atomic E-state index is 9.06. The van der Waals surface area contributed by atoms with E-state index in [2.05, 4.69) is 33.1 Å². The Morgan fingerprint density at radius 1 is 1.09 bits per heavy atom. The fraction of sp³-hybridized carbons (Fsp3) is 0.389. The van der Waals surface area contributed by atoms with Gasteiger partial charge < -0.3 is 4.90 Å². The SMILES string of the molecule is N#Cc1ccc2c(c1)CC1(CCN(c3cnccn3)CC1)C2. The molecule has 22 heavy (non-hydrogen) atoms. The standard InChI is InChI=1S/C18H18N4/c19-12-14-1-2-15-10-18(11-16(15)9-14)3-7-22(8-4-18)17-13-20-5-6-21-17/h1-2,5-6,9,13H,3-4,7-8,10-11H2. The van der Waals surface area contributed by atoms with Crippen molar-refractivity contribution in [2.24, 2.45) is 5.41 Å². The van der Waals surface area contributed by atoms with Crippen LogP contribution in [0.25, 0.3) is 0 Å². The maximum Gasteiger partial charge on any atom is 0.147 e. The molecule has 2 heterocycles. The molecular weight excluding hydrogens is 272 g/mol. The summed E-state index contributed by atoms with van der Waals surface area (Å²) in [5, 5.41) is 9.06. The third-order valence-electron chi connectivity index (χ3n) is 5.16. The number of benzene rings is 1. The van der Waals surface area contributed by atoms with Crippen molar-refractivity contribution in [1.82, 2.24) is 9.97 Å². The maximum atomic E-state index is 9.06. The first-order valence-electron chi connectivity index (χ1n) is 7.81. The molecule has 0 radical (unpaired) electrons. The normalized spacial score (nSPS) is 19.0. The first-order chi connectivity index (χ1) is 10.8. The molecular formula is C18H18N4. The van der Waals surface area contributed by atoms with E-state index in [0.717, 1.165) is 37.3 Å². The van der Waals surface area contributed by atoms with Gasteiger partial charge in [-0.2, -0.15) is 5.26 Å². The Kier molecular flexibility index (Phi) is 3.07. The van der Waals surface area contributed by atoms with Crippen molar-refractivity contribution in [1.29, 1.82) is 5.26 Å². The smallest absolute Gasteiger partial charge is 0.147 e. The van der Waals surface area contributed by atoms with E-state index in [9.17, 15) is 0 Å². The molecule has 4 heteroatoms. The average molecular weight is 290 g/mol. The Labute approximate surface area is 130 Å². The van der Waals surface area contributed by atoms with Gasteiger partial charge in [0.1, 0.15) is 5.82 Å². The molecule has 1 spiro atoms. The highest BCUT2D eigenvalue weighted by atomic mass is 15.2. The second-order valence-corrected chi connectivity index (χ2v) is 6.50. The Hall–Kier alpha value is -2.41. The minimum absolute atomic E-state index is 0.384. The van der Waals surface area contributed by atoms with E-state index in [1.165, 1.54) is 24.0 Å². The summed E-state index contributed by atoms with van der Waals surface area (Å²) in [6, 6.07) is 8.44. The van der Waals surface area contributed by atoms with E-state index < -0.39 is 0 Å². The van der Waals surface area contributed by atoms with Crippen LogP contribution in [0.15, 0.2) is 36.8 Å². The molecule has 1 aliphatic heterocycles. The first-order valence-corrected chi connectivity index (χ1v) is 7.81. The summed E-state index contributed by atoms with van der Waals surface area (Å²) >= 11 is 0. The van der Waals surface area contributed by atoms with Crippen LogP contribution in [0.3, 0.4) is 0 Å². The fourth-order valence-corrected chi connectivity index (χ4v) is 3.92. The van der Waals surface area contributed by atoms with Gasteiger partial charge in [-0.25, -0.2) is 4.98 Å². The van der Waals surface area contributed by atoms with Crippen molar-refractivity contribution < 1.29 is 0 Å². The second kappa shape index (κ2) is 5.10. The highest BCUT2D eigenvalue weighted by molar-refractivity contribution is 5.43. The Bertz CT molecular complexity index is 724. The number of nitrogens with zero attached hydrogens (tertiary/aromatic N) is 4. The molecule has 4 nitrogen and oxygen atoms in total. The van der Waals surface area contributed by atoms with Crippen molar-refractivity contribution in [2.75, 3.05) is 18.0 Å². The molecule has 2 aromatic rings. The van der Waals surface area contributed by atoms with Gasteiger partial charge in [0, 0.05) is 25.5 Å². The first kappa shape index (κ1) is 13.3. The van der Waals surface area contributed by atoms with Crippen molar-refractivity contribution in [3.63, 3.8) is 0 Å². The van der Waals surface area contributed by atoms with E-state index in [1.807, 2.05) is 12.3 Å². The number of piperidine rings is 1. The van der Waals surface area contributed by atoms with E-state index >= 15 is 0 Å². The third kappa shape index (κ3) is 2.23. The minimum Gasteiger partial charge on any atom is -0.355 e. The molecule has 0 unspecified atom stereocenters.